The van der Waals surface area contributed by atoms with E-state index in [2.05, 4.69) is 4.98 Å². The molecule has 6 nitrogen and oxygen atoms in total. The Labute approximate surface area is 114 Å². The van der Waals surface area contributed by atoms with Crippen molar-refractivity contribution in [1.82, 2.24) is 4.98 Å². The third-order valence-corrected chi connectivity index (χ3v) is 2.59. The van der Waals surface area contributed by atoms with Crippen molar-refractivity contribution in [2.75, 3.05) is 0 Å². The van der Waals surface area contributed by atoms with E-state index in [4.69, 9.17) is 14.6 Å². The Morgan fingerprint density at radius 3 is 2.70 bits per heavy atom. The Kier molecular flexibility index (Phi) is 3.95. The van der Waals surface area contributed by atoms with Crippen molar-refractivity contribution in [2.45, 2.75) is 6.42 Å². The van der Waals surface area contributed by atoms with Gasteiger partial charge in [0, 0.05) is 30.0 Å². The molecule has 2 aromatic heterocycles. The summed E-state index contributed by atoms with van der Waals surface area (Å²) in [5, 5.41) is 17.6. The number of rotatable bonds is 5. The van der Waals surface area contributed by atoms with E-state index in [1.165, 1.54) is 12.5 Å². The number of hydrogen-bond donors (Lipinski definition) is 2. The Morgan fingerprint density at radius 1 is 1.25 bits per heavy atom. The zero-order valence-electron chi connectivity index (χ0n) is 10.3. The number of ketones is 1. The number of aliphatic hydroxyl groups excluding tert-OH is 1. The molecule has 102 valence electrons. The molecule has 0 fully saturated rings. The second-order valence-corrected chi connectivity index (χ2v) is 4.01. The highest BCUT2D eigenvalue weighted by Gasteiger charge is 2.15. The molecule has 0 unspecified atom stereocenters. The third-order valence-electron chi connectivity index (χ3n) is 2.59. The molecule has 0 aliphatic heterocycles. The standard InChI is InChI=1S/C14H11NO5/c16-12(6-13(17)14(18)19)11-8-20-7-9(11)5-10-3-1-2-4-15-10/h1-4,6-8,17H,5H2,(H,18,19). The molecular weight excluding hydrogens is 262 g/mol. The molecule has 0 atom stereocenters. The molecule has 0 aliphatic carbocycles. The summed E-state index contributed by atoms with van der Waals surface area (Å²) in [5.74, 6) is -3.21. The fourth-order valence-electron chi connectivity index (χ4n) is 1.64. The van der Waals surface area contributed by atoms with E-state index in [1.807, 2.05) is 6.07 Å². The Hall–Kier alpha value is -2.89. The van der Waals surface area contributed by atoms with Gasteiger partial charge in [0.15, 0.2) is 5.78 Å². The molecule has 2 heterocycles. The smallest absolute Gasteiger partial charge is 0.371 e. The summed E-state index contributed by atoms with van der Waals surface area (Å²) >= 11 is 0. The maximum atomic E-state index is 11.9. The SMILES string of the molecule is O=C(O)C(O)=CC(=O)c1cocc1Cc1ccccn1. The molecule has 0 saturated heterocycles. The first-order valence-corrected chi connectivity index (χ1v) is 5.71. The van der Waals surface area contributed by atoms with Gasteiger partial charge in [-0.05, 0) is 12.1 Å². The number of pyridine rings is 1. The van der Waals surface area contributed by atoms with Crippen LogP contribution in [0.5, 0.6) is 0 Å². The molecule has 0 amide bonds. The molecule has 20 heavy (non-hydrogen) atoms. The Bertz CT molecular complexity index is 657. The number of aliphatic carboxylic acids is 1. The molecule has 0 saturated carbocycles. The normalized spacial score (nSPS) is 11.3. The first kappa shape index (κ1) is 13.5. The lowest BCUT2D eigenvalue weighted by Crippen LogP contribution is -2.05. The van der Waals surface area contributed by atoms with E-state index in [1.54, 1.807) is 18.3 Å². The third kappa shape index (κ3) is 3.11. The van der Waals surface area contributed by atoms with Gasteiger partial charge in [-0.2, -0.15) is 0 Å². The minimum atomic E-state index is -1.56. The molecular formula is C14H11NO5. The van der Waals surface area contributed by atoms with Gasteiger partial charge in [-0.3, -0.25) is 9.78 Å². The Balaban J connectivity index is 2.23. The minimum absolute atomic E-state index is 0.198. The van der Waals surface area contributed by atoms with Crippen molar-refractivity contribution in [3.05, 3.63) is 65.6 Å². The van der Waals surface area contributed by atoms with Crippen molar-refractivity contribution in [1.29, 1.82) is 0 Å². The number of hydrogen-bond acceptors (Lipinski definition) is 5. The average Bonchev–Trinajstić information content (AvgIpc) is 2.88. The van der Waals surface area contributed by atoms with Crippen LogP contribution in [0.2, 0.25) is 0 Å². The van der Waals surface area contributed by atoms with Gasteiger partial charge in [0.05, 0.1) is 11.8 Å². The van der Waals surface area contributed by atoms with E-state index in [9.17, 15) is 9.59 Å². The van der Waals surface area contributed by atoms with Gasteiger partial charge in [-0.25, -0.2) is 4.79 Å². The van der Waals surface area contributed by atoms with Crippen molar-refractivity contribution >= 4 is 11.8 Å². The summed E-state index contributed by atoms with van der Waals surface area (Å²) in [6.07, 6.45) is 5.27. The van der Waals surface area contributed by atoms with Crippen LogP contribution in [-0.4, -0.2) is 26.9 Å². The second kappa shape index (κ2) is 5.83. The quantitative estimate of drug-likeness (QED) is 0.490. The topological polar surface area (TPSA) is 101 Å². The van der Waals surface area contributed by atoms with E-state index in [0.717, 1.165) is 5.69 Å². The lowest BCUT2D eigenvalue weighted by Gasteiger charge is -2.00. The van der Waals surface area contributed by atoms with Crippen LogP contribution in [0.25, 0.3) is 0 Å². The lowest BCUT2D eigenvalue weighted by molar-refractivity contribution is -0.135. The summed E-state index contributed by atoms with van der Waals surface area (Å²) in [4.78, 5) is 26.5. The zero-order chi connectivity index (χ0) is 14.5. The number of furan rings is 1. The van der Waals surface area contributed by atoms with E-state index >= 15 is 0 Å². The number of carbonyl (C=O) groups excluding carboxylic acids is 1. The Morgan fingerprint density at radius 2 is 2.05 bits per heavy atom. The average molecular weight is 273 g/mol. The summed E-state index contributed by atoms with van der Waals surface area (Å²) < 4.78 is 4.97. The molecule has 0 aromatic carbocycles. The summed E-state index contributed by atoms with van der Waals surface area (Å²) in [7, 11) is 0. The minimum Gasteiger partial charge on any atom is -0.502 e. The van der Waals surface area contributed by atoms with Crippen LogP contribution in [0, 0.1) is 0 Å². The number of nitrogens with zero attached hydrogens (tertiary/aromatic N) is 1. The number of aliphatic hydroxyl groups is 1. The van der Waals surface area contributed by atoms with Gasteiger partial charge in [0.25, 0.3) is 0 Å². The monoisotopic (exact) mass is 273 g/mol. The van der Waals surface area contributed by atoms with Crippen LogP contribution >= 0.6 is 0 Å². The maximum absolute atomic E-state index is 11.9. The van der Waals surface area contributed by atoms with Crippen LogP contribution in [0.15, 0.2) is 53.2 Å². The van der Waals surface area contributed by atoms with E-state index < -0.39 is 17.5 Å². The largest absolute Gasteiger partial charge is 0.502 e. The van der Waals surface area contributed by atoms with E-state index in [-0.39, 0.29) is 5.56 Å². The first-order chi connectivity index (χ1) is 9.58. The van der Waals surface area contributed by atoms with Crippen molar-refractivity contribution in [3.8, 4) is 0 Å². The number of carboxylic acid groups (broad SMARTS) is 1. The van der Waals surface area contributed by atoms with Gasteiger partial charge in [-0.15, -0.1) is 0 Å². The number of aromatic nitrogens is 1. The van der Waals surface area contributed by atoms with Crippen LogP contribution in [-0.2, 0) is 11.2 Å². The van der Waals surface area contributed by atoms with Crippen LogP contribution in [0.4, 0.5) is 0 Å². The molecule has 0 bridgehead atoms. The van der Waals surface area contributed by atoms with Gasteiger partial charge in [0.1, 0.15) is 6.26 Å². The molecule has 6 heteroatoms. The fourth-order valence-corrected chi connectivity index (χ4v) is 1.64. The highest BCUT2D eigenvalue weighted by molar-refractivity contribution is 6.08. The fraction of sp³-hybridized carbons (Fsp3) is 0.0714. The highest BCUT2D eigenvalue weighted by Crippen LogP contribution is 2.16. The molecule has 0 spiro atoms. The predicted molar refractivity (Wildman–Crippen MR) is 68.4 cm³/mol. The van der Waals surface area contributed by atoms with Gasteiger partial charge in [0.2, 0.25) is 5.76 Å². The number of carbonyl (C=O) groups is 2. The predicted octanol–water partition coefficient (Wildman–Crippen LogP) is 1.97. The van der Waals surface area contributed by atoms with Crippen molar-refractivity contribution < 1.29 is 24.2 Å². The van der Waals surface area contributed by atoms with Gasteiger partial charge < -0.3 is 14.6 Å². The van der Waals surface area contributed by atoms with E-state index in [0.29, 0.717) is 18.1 Å². The molecule has 2 rings (SSSR count). The second-order valence-electron chi connectivity index (χ2n) is 4.01. The molecule has 2 N–H and O–H groups in total. The molecule has 0 radical (unpaired) electrons. The summed E-state index contributed by atoms with van der Waals surface area (Å²) in [5.41, 5.74) is 1.51. The van der Waals surface area contributed by atoms with Crippen molar-refractivity contribution in [2.24, 2.45) is 0 Å². The van der Waals surface area contributed by atoms with Crippen molar-refractivity contribution in [3.63, 3.8) is 0 Å². The van der Waals surface area contributed by atoms with Crippen LogP contribution in [0.1, 0.15) is 21.6 Å². The van der Waals surface area contributed by atoms with Gasteiger partial charge in [-0.1, -0.05) is 6.07 Å². The number of carboxylic acids is 1. The summed E-state index contributed by atoms with van der Waals surface area (Å²) in [6.45, 7) is 0. The zero-order valence-corrected chi connectivity index (χ0v) is 10.3. The number of allylic oxidation sites excluding steroid dienone is 1. The highest BCUT2D eigenvalue weighted by atomic mass is 16.4. The maximum Gasteiger partial charge on any atom is 0.371 e. The summed E-state index contributed by atoms with van der Waals surface area (Å²) in [6, 6.07) is 5.39. The van der Waals surface area contributed by atoms with Crippen LogP contribution in [0.3, 0.4) is 0 Å². The van der Waals surface area contributed by atoms with Gasteiger partial charge >= 0.3 is 5.97 Å². The molecule has 2 aromatic rings. The van der Waals surface area contributed by atoms with Crippen LogP contribution < -0.4 is 0 Å². The molecule has 0 aliphatic rings. The first-order valence-electron chi connectivity index (χ1n) is 5.71. The lowest BCUT2D eigenvalue weighted by atomic mass is 10.0.